The predicted molar refractivity (Wildman–Crippen MR) is 209 cm³/mol. The zero-order valence-corrected chi connectivity index (χ0v) is 32.8. The lowest BCUT2D eigenvalue weighted by Gasteiger charge is -2.24. The van der Waals surface area contributed by atoms with Gasteiger partial charge in [-0.1, -0.05) is 12.2 Å². The lowest BCUT2D eigenvalue weighted by atomic mass is 10.1. The van der Waals surface area contributed by atoms with Crippen molar-refractivity contribution in [1.29, 1.82) is 0 Å². The highest BCUT2D eigenvalue weighted by Crippen LogP contribution is 2.32. The van der Waals surface area contributed by atoms with Gasteiger partial charge >= 0.3 is 12.1 Å². The second-order valence-electron chi connectivity index (χ2n) is 13.9. The first-order valence-electron chi connectivity index (χ1n) is 17.9. The van der Waals surface area contributed by atoms with E-state index in [1.165, 1.54) is 25.2 Å². The van der Waals surface area contributed by atoms with Crippen molar-refractivity contribution in [2.75, 3.05) is 45.5 Å². The molecule has 5 aromatic rings. The zero-order chi connectivity index (χ0) is 40.9. The Morgan fingerprint density at radius 2 is 1.57 bits per heavy atom. The van der Waals surface area contributed by atoms with Crippen LogP contribution in [0.4, 0.5) is 16.7 Å². The topological polar surface area (TPSA) is 226 Å². The Morgan fingerprint density at radius 3 is 2.21 bits per heavy atom. The number of ether oxygens (including phenoxy) is 4. The number of aromatic nitrogens is 6. The molecule has 0 aliphatic heterocycles. The van der Waals surface area contributed by atoms with Crippen LogP contribution in [-0.4, -0.2) is 97.7 Å². The second-order valence-corrected chi connectivity index (χ2v) is 13.9. The highest BCUT2D eigenvalue weighted by molar-refractivity contribution is 6.04. The standard InChI is InChI=1S/C38H48N10O8/c1-9-48-27(17-22(2)44-48)33(50)43-36-42-26-19-24(34(51)54-8)21-28(53-7)30(26)47(36)15-11-10-14-46-31-25(41-35(46)40)18-23(32(39)49)20-29(31)55-16-12-13-45(6)37(52)56-38(3,4)5/h10-11,17-21H,9,12-16H2,1-8H3,(H2,39,49)(H2,40,41)(H,42,43,50)/b11-10+. The van der Waals surface area contributed by atoms with E-state index in [1.807, 2.05) is 19.1 Å². The number of primary amides is 1. The number of carbonyl (C=O) groups is 4. The monoisotopic (exact) mass is 772 g/mol. The van der Waals surface area contributed by atoms with Gasteiger partial charge in [-0.15, -0.1) is 0 Å². The number of imidazole rings is 2. The van der Waals surface area contributed by atoms with E-state index in [0.717, 1.165) is 0 Å². The van der Waals surface area contributed by atoms with Crippen LogP contribution in [0.5, 0.6) is 11.5 Å². The number of nitrogen functional groups attached to an aromatic ring is 1. The quantitative estimate of drug-likeness (QED) is 0.0758. The van der Waals surface area contributed by atoms with E-state index in [0.29, 0.717) is 64.5 Å². The number of fused-ring (bicyclic) bond motifs is 2. The van der Waals surface area contributed by atoms with Crippen LogP contribution >= 0.6 is 0 Å². The van der Waals surface area contributed by atoms with Gasteiger partial charge in [-0.2, -0.15) is 5.10 Å². The minimum absolute atomic E-state index is 0.168. The lowest BCUT2D eigenvalue weighted by Crippen LogP contribution is -2.35. The molecule has 0 spiro atoms. The van der Waals surface area contributed by atoms with Gasteiger partial charge < -0.3 is 44.4 Å². The Morgan fingerprint density at radius 1 is 0.929 bits per heavy atom. The van der Waals surface area contributed by atoms with Crippen LogP contribution in [0.15, 0.2) is 42.5 Å². The number of anilines is 2. The molecule has 5 rings (SSSR count). The molecule has 18 nitrogen and oxygen atoms in total. The average molecular weight is 773 g/mol. The van der Waals surface area contributed by atoms with Crippen LogP contribution in [0, 0.1) is 6.92 Å². The van der Waals surface area contributed by atoms with Crippen molar-refractivity contribution in [2.45, 2.75) is 66.3 Å². The molecule has 0 unspecified atom stereocenters. The summed E-state index contributed by atoms with van der Waals surface area (Å²) in [5.74, 6) is -0.597. The third kappa shape index (κ3) is 9.02. The second kappa shape index (κ2) is 16.8. The van der Waals surface area contributed by atoms with Gasteiger partial charge in [-0.25, -0.2) is 19.6 Å². The summed E-state index contributed by atoms with van der Waals surface area (Å²) >= 11 is 0. The molecule has 0 radical (unpaired) electrons. The van der Waals surface area contributed by atoms with Crippen LogP contribution in [-0.2, 0) is 29.1 Å². The highest BCUT2D eigenvalue weighted by atomic mass is 16.6. The van der Waals surface area contributed by atoms with Gasteiger partial charge in [-0.05, 0) is 71.4 Å². The van der Waals surface area contributed by atoms with Crippen molar-refractivity contribution in [2.24, 2.45) is 5.73 Å². The van der Waals surface area contributed by atoms with Gasteiger partial charge in [0.05, 0.1) is 43.1 Å². The molecule has 0 aliphatic rings. The molecule has 18 heteroatoms. The van der Waals surface area contributed by atoms with E-state index in [4.69, 9.17) is 30.4 Å². The Labute approximate surface area is 323 Å². The number of hydrogen-bond acceptors (Lipinski definition) is 12. The zero-order valence-electron chi connectivity index (χ0n) is 32.8. The Bertz CT molecular complexity index is 2310. The molecule has 2 aromatic carbocycles. The van der Waals surface area contributed by atoms with Crippen molar-refractivity contribution >= 4 is 57.8 Å². The molecule has 3 aromatic heterocycles. The summed E-state index contributed by atoms with van der Waals surface area (Å²) in [4.78, 5) is 61.2. The average Bonchev–Trinajstić information content (AvgIpc) is 3.81. The number of aryl methyl sites for hydroxylation is 2. The fourth-order valence-electron chi connectivity index (χ4n) is 5.99. The van der Waals surface area contributed by atoms with E-state index >= 15 is 0 Å². The molecule has 0 saturated carbocycles. The number of benzene rings is 2. The first-order chi connectivity index (χ1) is 26.5. The third-order valence-electron chi connectivity index (χ3n) is 8.57. The molecule has 0 aliphatic carbocycles. The largest absolute Gasteiger partial charge is 0.494 e. The van der Waals surface area contributed by atoms with E-state index in [1.54, 1.807) is 72.8 Å². The summed E-state index contributed by atoms with van der Waals surface area (Å²) in [6, 6.07) is 7.89. The molecule has 56 heavy (non-hydrogen) atoms. The van der Waals surface area contributed by atoms with Crippen LogP contribution < -0.4 is 26.3 Å². The van der Waals surface area contributed by atoms with E-state index in [9.17, 15) is 19.2 Å². The summed E-state index contributed by atoms with van der Waals surface area (Å²) in [5, 5.41) is 7.28. The Balaban J connectivity index is 1.43. The molecule has 0 atom stereocenters. The molecule has 3 heterocycles. The van der Waals surface area contributed by atoms with Crippen molar-refractivity contribution < 1.29 is 38.1 Å². The van der Waals surface area contributed by atoms with Gasteiger partial charge in [0.1, 0.15) is 33.8 Å². The lowest BCUT2D eigenvalue weighted by molar-refractivity contribution is 0.0291. The summed E-state index contributed by atoms with van der Waals surface area (Å²) in [7, 11) is 4.40. The number of methoxy groups -OCH3 is 2. The van der Waals surface area contributed by atoms with Crippen molar-refractivity contribution in [3.8, 4) is 11.5 Å². The van der Waals surface area contributed by atoms with Gasteiger partial charge in [0, 0.05) is 38.8 Å². The highest BCUT2D eigenvalue weighted by Gasteiger charge is 2.23. The Hall–Kier alpha value is -6.59. The van der Waals surface area contributed by atoms with E-state index < -0.39 is 29.5 Å². The summed E-state index contributed by atoms with van der Waals surface area (Å²) in [5.41, 5.74) is 14.7. The number of rotatable bonds is 15. The molecular formula is C38H48N10O8. The smallest absolute Gasteiger partial charge is 0.410 e. The fraction of sp³-hybridized carbons (Fsp3) is 0.395. The first kappa shape index (κ1) is 40.6. The minimum Gasteiger partial charge on any atom is -0.494 e. The normalized spacial score (nSPS) is 11.6. The summed E-state index contributed by atoms with van der Waals surface area (Å²) in [6.07, 6.45) is 3.71. The fourth-order valence-corrected chi connectivity index (χ4v) is 5.99. The number of nitrogens with zero attached hydrogens (tertiary/aromatic N) is 7. The molecular weight excluding hydrogens is 724 g/mol. The van der Waals surface area contributed by atoms with E-state index in [-0.39, 0.29) is 42.7 Å². The summed E-state index contributed by atoms with van der Waals surface area (Å²) in [6.45, 7) is 10.6. The maximum absolute atomic E-state index is 13.5. The maximum atomic E-state index is 13.5. The predicted octanol–water partition coefficient (Wildman–Crippen LogP) is 4.53. The van der Waals surface area contributed by atoms with Gasteiger partial charge in [0.25, 0.3) is 5.91 Å². The maximum Gasteiger partial charge on any atom is 0.410 e. The number of hydrogen-bond donors (Lipinski definition) is 3. The number of nitrogens with one attached hydrogen (secondary N) is 1. The van der Waals surface area contributed by atoms with Gasteiger partial charge in [0.15, 0.2) is 0 Å². The number of nitrogens with two attached hydrogens (primary N) is 2. The molecule has 0 saturated heterocycles. The first-order valence-corrected chi connectivity index (χ1v) is 17.9. The van der Waals surface area contributed by atoms with Crippen molar-refractivity contribution in [1.82, 2.24) is 33.8 Å². The number of esters is 1. The van der Waals surface area contributed by atoms with Crippen molar-refractivity contribution in [3.63, 3.8) is 0 Å². The van der Waals surface area contributed by atoms with Gasteiger partial charge in [0.2, 0.25) is 17.8 Å². The molecule has 0 fully saturated rings. The molecule has 3 amide bonds. The Kier molecular flexibility index (Phi) is 12.2. The number of amides is 3. The van der Waals surface area contributed by atoms with Crippen LogP contribution in [0.3, 0.4) is 0 Å². The van der Waals surface area contributed by atoms with Crippen LogP contribution in [0.1, 0.15) is 71.0 Å². The molecule has 5 N–H and O–H groups in total. The van der Waals surface area contributed by atoms with Crippen molar-refractivity contribution in [3.05, 3.63) is 65.0 Å². The third-order valence-corrected chi connectivity index (χ3v) is 8.57. The molecule has 298 valence electrons. The van der Waals surface area contributed by atoms with Crippen LogP contribution in [0.2, 0.25) is 0 Å². The molecule has 0 bridgehead atoms. The van der Waals surface area contributed by atoms with Crippen LogP contribution in [0.25, 0.3) is 22.1 Å². The van der Waals surface area contributed by atoms with Gasteiger partial charge in [-0.3, -0.25) is 19.6 Å². The van der Waals surface area contributed by atoms with E-state index in [2.05, 4.69) is 20.4 Å². The number of allylic oxidation sites excluding steroid dienone is 2. The number of carbonyl (C=O) groups excluding carboxylic acids is 4. The minimum atomic E-state index is -0.659. The summed E-state index contributed by atoms with van der Waals surface area (Å²) < 4.78 is 27.2. The SMILES string of the molecule is CCn1nc(C)cc1C(=O)Nc1nc2cc(C(=O)OC)cc(OC)c2n1C/C=C/Cn1c(N)nc2cc(C(N)=O)cc(OCCCN(C)C(=O)OC(C)(C)C)c21.